The second kappa shape index (κ2) is 6.86. The number of benzene rings is 1. The maximum atomic E-state index is 11.2. The third-order valence-electron chi connectivity index (χ3n) is 2.21. The molecule has 1 aromatic carbocycles. The van der Waals surface area contributed by atoms with Gasteiger partial charge in [0.05, 0.1) is 23.6 Å². The zero-order valence-corrected chi connectivity index (χ0v) is 10.8. The summed E-state index contributed by atoms with van der Waals surface area (Å²) >= 11 is 5.88. The predicted molar refractivity (Wildman–Crippen MR) is 69.7 cm³/mol. The molecule has 1 aromatic rings. The monoisotopic (exact) mass is 270 g/mol. The molecule has 0 atom stereocenters. The first kappa shape index (κ1) is 14.3. The number of anilines is 1. The molecule has 18 heavy (non-hydrogen) atoms. The van der Waals surface area contributed by atoms with Crippen molar-refractivity contribution in [3.8, 4) is 0 Å². The third-order valence-corrected chi connectivity index (χ3v) is 2.52. The topological polar surface area (TPSA) is 81.4 Å². The van der Waals surface area contributed by atoms with Crippen molar-refractivity contribution >= 4 is 29.2 Å². The molecule has 0 aliphatic rings. The molecule has 0 heterocycles. The first-order chi connectivity index (χ1) is 8.56. The van der Waals surface area contributed by atoms with E-state index in [1.165, 1.54) is 0 Å². The summed E-state index contributed by atoms with van der Waals surface area (Å²) in [6.07, 6.45) is 0.207. The van der Waals surface area contributed by atoms with E-state index in [-0.39, 0.29) is 23.0 Å². The number of nitrogens with two attached hydrogens (primary N) is 1. The highest BCUT2D eigenvalue weighted by Crippen LogP contribution is 2.23. The van der Waals surface area contributed by atoms with Crippen LogP contribution in [0.1, 0.15) is 23.7 Å². The van der Waals surface area contributed by atoms with Crippen LogP contribution in [-0.2, 0) is 9.53 Å². The average molecular weight is 271 g/mol. The van der Waals surface area contributed by atoms with Crippen molar-refractivity contribution in [3.63, 3.8) is 0 Å². The summed E-state index contributed by atoms with van der Waals surface area (Å²) in [4.78, 5) is 22.4. The Balaban J connectivity index is 2.65. The highest BCUT2D eigenvalue weighted by molar-refractivity contribution is 6.34. The predicted octanol–water partition coefficient (Wildman–Crippen LogP) is 1.80. The molecule has 0 saturated heterocycles. The average Bonchev–Trinajstić information content (AvgIpc) is 2.28. The number of esters is 1. The maximum Gasteiger partial charge on any atom is 0.307 e. The van der Waals surface area contributed by atoms with E-state index >= 15 is 0 Å². The van der Waals surface area contributed by atoms with Crippen LogP contribution >= 0.6 is 11.6 Å². The number of nitrogens with one attached hydrogen (secondary N) is 1. The SMILES string of the molecule is CCOC(=O)CCNc1cccc(Cl)c1C(N)=O. The molecule has 3 N–H and O–H groups in total. The van der Waals surface area contributed by atoms with Crippen LogP contribution in [0.25, 0.3) is 0 Å². The van der Waals surface area contributed by atoms with Crippen molar-refractivity contribution in [2.24, 2.45) is 5.73 Å². The molecule has 0 aromatic heterocycles. The number of rotatable bonds is 6. The van der Waals surface area contributed by atoms with Crippen LogP contribution in [-0.4, -0.2) is 25.0 Å². The Hall–Kier alpha value is -1.75. The molecule has 1 rings (SSSR count). The Morgan fingerprint density at radius 3 is 2.78 bits per heavy atom. The first-order valence-electron chi connectivity index (χ1n) is 5.54. The van der Waals surface area contributed by atoms with E-state index in [0.717, 1.165) is 0 Å². The van der Waals surface area contributed by atoms with Crippen LogP contribution in [0.5, 0.6) is 0 Å². The van der Waals surface area contributed by atoms with E-state index < -0.39 is 5.91 Å². The van der Waals surface area contributed by atoms with Gasteiger partial charge in [-0.2, -0.15) is 0 Å². The molecule has 0 bridgehead atoms. The number of amides is 1. The standard InChI is InChI=1S/C12H15ClN2O3/c1-2-18-10(16)6-7-15-9-5-3-4-8(13)11(9)12(14)17/h3-5,15H,2,6-7H2,1H3,(H2,14,17). The summed E-state index contributed by atoms with van der Waals surface area (Å²) in [7, 11) is 0. The van der Waals surface area contributed by atoms with Gasteiger partial charge in [-0.3, -0.25) is 9.59 Å². The van der Waals surface area contributed by atoms with Crippen molar-refractivity contribution in [1.82, 2.24) is 0 Å². The molecular weight excluding hydrogens is 256 g/mol. The van der Waals surface area contributed by atoms with Gasteiger partial charge in [-0.25, -0.2) is 0 Å². The zero-order valence-electron chi connectivity index (χ0n) is 10.0. The van der Waals surface area contributed by atoms with Gasteiger partial charge in [0.25, 0.3) is 5.91 Å². The highest BCUT2D eigenvalue weighted by atomic mass is 35.5. The zero-order chi connectivity index (χ0) is 13.5. The lowest BCUT2D eigenvalue weighted by Crippen LogP contribution is -2.17. The van der Waals surface area contributed by atoms with Gasteiger partial charge in [0.2, 0.25) is 0 Å². The van der Waals surface area contributed by atoms with Gasteiger partial charge in [-0.15, -0.1) is 0 Å². The highest BCUT2D eigenvalue weighted by Gasteiger charge is 2.12. The lowest BCUT2D eigenvalue weighted by atomic mass is 10.1. The van der Waals surface area contributed by atoms with Gasteiger partial charge < -0.3 is 15.8 Å². The van der Waals surface area contributed by atoms with Gasteiger partial charge in [-0.1, -0.05) is 17.7 Å². The van der Waals surface area contributed by atoms with E-state index in [1.54, 1.807) is 25.1 Å². The van der Waals surface area contributed by atoms with Crippen LogP contribution < -0.4 is 11.1 Å². The van der Waals surface area contributed by atoms with E-state index in [4.69, 9.17) is 22.1 Å². The smallest absolute Gasteiger partial charge is 0.307 e. The molecule has 6 heteroatoms. The largest absolute Gasteiger partial charge is 0.466 e. The lowest BCUT2D eigenvalue weighted by molar-refractivity contribution is -0.142. The number of hydrogen-bond acceptors (Lipinski definition) is 4. The third kappa shape index (κ3) is 3.92. The summed E-state index contributed by atoms with van der Waals surface area (Å²) < 4.78 is 4.78. The van der Waals surface area contributed by atoms with Crippen LogP contribution in [0.4, 0.5) is 5.69 Å². The minimum atomic E-state index is -0.612. The number of primary amides is 1. The van der Waals surface area contributed by atoms with Gasteiger partial charge in [-0.05, 0) is 19.1 Å². The normalized spacial score (nSPS) is 9.89. The molecule has 0 radical (unpaired) electrons. The summed E-state index contributed by atoms with van der Waals surface area (Å²) in [5.41, 5.74) is 5.98. The van der Waals surface area contributed by atoms with Gasteiger partial charge >= 0.3 is 5.97 Å². The quantitative estimate of drug-likeness (QED) is 0.773. The van der Waals surface area contributed by atoms with E-state index in [9.17, 15) is 9.59 Å². The molecule has 1 amide bonds. The molecular formula is C12H15ClN2O3. The second-order valence-corrected chi connectivity index (χ2v) is 3.92. The fourth-order valence-electron chi connectivity index (χ4n) is 1.45. The van der Waals surface area contributed by atoms with Gasteiger partial charge in [0.1, 0.15) is 0 Å². The number of carbonyl (C=O) groups excluding carboxylic acids is 2. The molecule has 0 saturated carbocycles. The molecule has 0 spiro atoms. The van der Waals surface area contributed by atoms with Crippen LogP contribution in [0.3, 0.4) is 0 Å². The van der Waals surface area contributed by atoms with Crippen molar-refractivity contribution < 1.29 is 14.3 Å². The molecule has 0 aliphatic heterocycles. The summed E-state index contributed by atoms with van der Waals surface area (Å²) in [6.45, 7) is 2.44. The number of hydrogen-bond donors (Lipinski definition) is 2. The van der Waals surface area contributed by atoms with Crippen LogP contribution in [0, 0.1) is 0 Å². The Morgan fingerprint density at radius 1 is 1.44 bits per heavy atom. The second-order valence-electron chi connectivity index (χ2n) is 3.51. The van der Waals surface area contributed by atoms with Crippen molar-refractivity contribution in [3.05, 3.63) is 28.8 Å². The number of halogens is 1. The van der Waals surface area contributed by atoms with E-state index in [2.05, 4.69) is 5.32 Å². The van der Waals surface area contributed by atoms with Gasteiger partial charge in [0.15, 0.2) is 0 Å². The minimum Gasteiger partial charge on any atom is -0.466 e. The summed E-state index contributed by atoms with van der Waals surface area (Å²) in [5, 5.41) is 3.22. The number of carbonyl (C=O) groups is 2. The summed E-state index contributed by atoms with van der Waals surface area (Å²) in [5.74, 6) is -0.910. The fraction of sp³-hybridized carbons (Fsp3) is 0.333. The Bertz CT molecular complexity index is 449. The van der Waals surface area contributed by atoms with Crippen molar-refractivity contribution in [2.45, 2.75) is 13.3 Å². The molecule has 98 valence electrons. The molecule has 0 unspecified atom stereocenters. The molecule has 0 fully saturated rings. The minimum absolute atomic E-state index is 0.207. The van der Waals surface area contributed by atoms with Crippen molar-refractivity contribution in [1.29, 1.82) is 0 Å². The fourth-order valence-corrected chi connectivity index (χ4v) is 1.72. The molecule has 5 nitrogen and oxygen atoms in total. The molecule has 0 aliphatic carbocycles. The maximum absolute atomic E-state index is 11.2. The number of ether oxygens (including phenoxy) is 1. The Kier molecular flexibility index (Phi) is 5.45. The van der Waals surface area contributed by atoms with Crippen LogP contribution in [0.15, 0.2) is 18.2 Å². The van der Waals surface area contributed by atoms with Gasteiger partial charge in [0, 0.05) is 12.2 Å². The van der Waals surface area contributed by atoms with Crippen LogP contribution in [0.2, 0.25) is 5.02 Å². The lowest BCUT2D eigenvalue weighted by Gasteiger charge is -2.10. The summed E-state index contributed by atoms with van der Waals surface area (Å²) in [6, 6.07) is 4.96. The van der Waals surface area contributed by atoms with E-state index in [0.29, 0.717) is 18.8 Å². The Labute approximate surface area is 110 Å². The van der Waals surface area contributed by atoms with E-state index in [1.807, 2.05) is 0 Å². The Morgan fingerprint density at radius 2 is 2.17 bits per heavy atom. The van der Waals surface area contributed by atoms with Crippen molar-refractivity contribution in [2.75, 3.05) is 18.5 Å². The first-order valence-corrected chi connectivity index (χ1v) is 5.91.